The maximum absolute atomic E-state index is 11.9. The van der Waals surface area contributed by atoms with Crippen LogP contribution in [0.1, 0.15) is 45.9 Å². The molecule has 0 saturated carbocycles. The first-order chi connectivity index (χ1) is 8.44. The van der Waals surface area contributed by atoms with Crippen LogP contribution in [0.2, 0.25) is 0 Å². The summed E-state index contributed by atoms with van der Waals surface area (Å²) >= 11 is 3.46. The summed E-state index contributed by atoms with van der Waals surface area (Å²) in [5, 5.41) is 7.28. The van der Waals surface area contributed by atoms with Crippen LogP contribution >= 0.6 is 15.9 Å². The topological polar surface area (TPSA) is 56.1 Å². The SMILES string of the molecule is Cc1c(C(C)(C)NC(=O)OC(C)(C)C)nn(C)c1Br. The van der Waals surface area contributed by atoms with E-state index in [9.17, 15) is 4.79 Å². The highest BCUT2D eigenvalue weighted by atomic mass is 79.9. The van der Waals surface area contributed by atoms with Crippen LogP contribution in [0.25, 0.3) is 0 Å². The predicted octanol–water partition coefficient (Wildman–Crippen LogP) is 3.25. The second kappa shape index (κ2) is 5.15. The number of nitrogens with zero attached hydrogens (tertiary/aromatic N) is 2. The van der Waals surface area contributed by atoms with E-state index in [4.69, 9.17) is 4.74 Å². The highest BCUT2D eigenvalue weighted by Gasteiger charge is 2.31. The molecule has 0 fully saturated rings. The summed E-state index contributed by atoms with van der Waals surface area (Å²) in [4.78, 5) is 11.9. The molecule has 0 aliphatic carbocycles. The first kappa shape index (κ1) is 16.0. The van der Waals surface area contributed by atoms with Gasteiger partial charge in [-0.1, -0.05) is 0 Å². The van der Waals surface area contributed by atoms with Crippen molar-refractivity contribution < 1.29 is 9.53 Å². The fourth-order valence-corrected chi connectivity index (χ4v) is 2.09. The number of aromatic nitrogens is 2. The standard InChI is InChI=1S/C13H22BrN3O2/c1-8-9(16-17(7)10(8)14)13(5,6)15-11(18)19-12(2,3)4/h1-7H3,(H,15,18). The molecule has 19 heavy (non-hydrogen) atoms. The van der Waals surface area contributed by atoms with E-state index in [1.165, 1.54) is 0 Å². The molecule has 5 nitrogen and oxygen atoms in total. The van der Waals surface area contributed by atoms with Crippen molar-refractivity contribution in [2.45, 2.75) is 52.7 Å². The van der Waals surface area contributed by atoms with Crippen LogP contribution in [-0.4, -0.2) is 21.5 Å². The van der Waals surface area contributed by atoms with Gasteiger partial charge in [0.25, 0.3) is 0 Å². The zero-order valence-corrected chi connectivity index (χ0v) is 14.2. The highest BCUT2D eigenvalue weighted by molar-refractivity contribution is 9.10. The molecule has 1 N–H and O–H groups in total. The number of nitrogens with one attached hydrogen (secondary N) is 1. The normalized spacial score (nSPS) is 12.4. The van der Waals surface area contributed by atoms with Gasteiger partial charge < -0.3 is 10.1 Å². The molecule has 0 aliphatic rings. The first-order valence-electron chi connectivity index (χ1n) is 6.15. The average molecular weight is 332 g/mol. The van der Waals surface area contributed by atoms with Crippen LogP contribution in [-0.2, 0) is 17.3 Å². The van der Waals surface area contributed by atoms with Gasteiger partial charge in [-0.3, -0.25) is 4.68 Å². The van der Waals surface area contributed by atoms with Crippen molar-refractivity contribution >= 4 is 22.0 Å². The van der Waals surface area contributed by atoms with Gasteiger partial charge in [0, 0.05) is 12.6 Å². The van der Waals surface area contributed by atoms with Crippen molar-refractivity contribution in [1.82, 2.24) is 15.1 Å². The minimum atomic E-state index is -0.601. The Bertz CT molecular complexity index is 487. The third-order valence-electron chi connectivity index (χ3n) is 2.60. The van der Waals surface area contributed by atoms with Gasteiger partial charge in [-0.15, -0.1) is 0 Å². The second-order valence-corrected chi connectivity index (χ2v) is 6.89. The molecule has 0 spiro atoms. The van der Waals surface area contributed by atoms with Gasteiger partial charge in [0.2, 0.25) is 0 Å². The predicted molar refractivity (Wildman–Crippen MR) is 78.0 cm³/mol. The number of carbonyl (C=O) groups is 1. The van der Waals surface area contributed by atoms with Gasteiger partial charge >= 0.3 is 6.09 Å². The van der Waals surface area contributed by atoms with Crippen molar-refractivity contribution in [1.29, 1.82) is 0 Å². The Morgan fingerprint density at radius 2 is 1.84 bits per heavy atom. The molecule has 0 unspecified atom stereocenters. The number of hydrogen-bond acceptors (Lipinski definition) is 3. The lowest BCUT2D eigenvalue weighted by molar-refractivity contribution is 0.0468. The Labute approximate surface area is 122 Å². The monoisotopic (exact) mass is 331 g/mol. The van der Waals surface area contributed by atoms with Crippen LogP contribution in [0, 0.1) is 6.92 Å². The summed E-state index contributed by atoms with van der Waals surface area (Å²) < 4.78 is 7.92. The van der Waals surface area contributed by atoms with Crippen molar-refractivity contribution in [2.24, 2.45) is 7.05 Å². The molecule has 1 heterocycles. The number of aryl methyl sites for hydroxylation is 1. The number of alkyl carbamates (subject to hydrolysis) is 1. The van der Waals surface area contributed by atoms with E-state index in [0.29, 0.717) is 0 Å². The Balaban J connectivity index is 2.92. The van der Waals surface area contributed by atoms with Crippen LogP contribution in [0.15, 0.2) is 4.60 Å². The molecule has 1 aromatic rings. The van der Waals surface area contributed by atoms with Crippen molar-refractivity contribution in [2.75, 3.05) is 0 Å². The van der Waals surface area contributed by atoms with Gasteiger partial charge in [0.15, 0.2) is 0 Å². The maximum atomic E-state index is 11.9. The fraction of sp³-hybridized carbons (Fsp3) is 0.692. The molecular formula is C13H22BrN3O2. The van der Waals surface area contributed by atoms with Crippen molar-refractivity contribution in [3.8, 4) is 0 Å². The third kappa shape index (κ3) is 3.96. The van der Waals surface area contributed by atoms with Crippen molar-refractivity contribution in [3.05, 3.63) is 15.9 Å². The number of ether oxygens (including phenoxy) is 1. The lowest BCUT2D eigenvalue weighted by Gasteiger charge is -2.27. The fourth-order valence-electron chi connectivity index (χ4n) is 1.82. The van der Waals surface area contributed by atoms with E-state index >= 15 is 0 Å². The summed E-state index contributed by atoms with van der Waals surface area (Å²) in [5.74, 6) is 0. The molecule has 0 radical (unpaired) electrons. The number of halogens is 1. The smallest absolute Gasteiger partial charge is 0.408 e. The van der Waals surface area contributed by atoms with Gasteiger partial charge in [0.05, 0.1) is 11.2 Å². The molecule has 1 amide bonds. The number of rotatable bonds is 2. The third-order valence-corrected chi connectivity index (χ3v) is 3.71. The number of amides is 1. The minimum Gasteiger partial charge on any atom is -0.444 e. The van der Waals surface area contributed by atoms with Crippen LogP contribution in [0.4, 0.5) is 4.79 Å². The van der Waals surface area contributed by atoms with Crippen LogP contribution in [0.3, 0.4) is 0 Å². The summed E-state index contributed by atoms with van der Waals surface area (Å²) in [5.41, 5.74) is 0.701. The average Bonchev–Trinajstić information content (AvgIpc) is 2.42. The molecular weight excluding hydrogens is 310 g/mol. The molecule has 1 rings (SSSR count). The van der Waals surface area contributed by atoms with Crippen LogP contribution < -0.4 is 5.32 Å². The Morgan fingerprint density at radius 3 is 2.21 bits per heavy atom. The van der Waals surface area contributed by atoms with Gasteiger partial charge in [0.1, 0.15) is 10.2 Å². The summed E-state index contributed by atoms with van der Waals surface area (Å²) in [6.07, 6.45) is -0.446. The molecule has 0 bridgehead atoms. The number of hydrogen-bond donors (Lipinski definition) is 1. The van der Waals surface area contributed by atoms with E-state index in [2.05, 4.69) is 26.3 Å². The van der Waals surface area contributed by atoms with E-state index in [-0.39, 0.29) is 0 Å². The first-order valence-corrected chi connectivity index (χ1v) is 6.94. The van der Waals surface area contributed by atoms with E-state index in [0.717, 1.165) is 15.9 Å². The molecule has 0 atom stereocenters. The zero-order chi connectivity index (χ0) is 15.0. The highest BCUT2D eigenvalue weighted by Crippen LogP contribution is 2.27. The zero-order valence-electron chi connectivity index (χ0n) is 12.6. The molecule has 1 aromatic heterocycles. The molecule has 0 saturated heterocycles. The lowest BCUT2D eigenvalue weighted by atomic mass is 9.98. The van der Waals surface area contributed by atoms with Crippen LogP contribution in [0.5, 0.6) is 0 Å². The summed E-state index contributed by atoms with van der Waals surface area (Å²) in [7, 11) is 1.85. The Kier molecular flexibility index (Phi) is 4.34. The maximum Gasteiger partial charge on any atom is 0.408 e. The summed E-state index contributed by atoms with van der Waals surface area (Å²) in [6, 6.07) is 0. The second-order valence-electron chi connectivity index (χ2n) is 6.14. The molecule has 108 valence electrons. The van der Waals surface area contributed by atoms with E-state index in [1.54, 1.807) is 4.68 Å². The largest absolute Gasteiger partial charge is 0.444 e. The van der Waals surface area contributed by atoms with Gasteiger partial charge in [-0.25, -0.2) is 4.79 Å². The molecule has 0 aromatic carbocycles. The lowest BCUT2D eigenvalue weighted by Crippen LogP contribution is -2.44. The quantitative estimate of drug-likeness (QED) is 0.904. The van der Waals surface area contributed by atoms with Crippen molar-refractivity contribution in [3.63, 3.8) is 0 Å². The number of carbonyl (C=O) groups excluding carboxylic acids is 1. The van der Waals surface area contributed by atoms with Gasteiger partial charge in [-0.2, -0.15) is 5.10 Å². The van der Waals surface area contributed by atoms with Gasteiger partial charge in [-0.05, 0) is 57.5 Å². The Morgan fingerprint density at radius 1 is 1.32 bits per heavy atom. The molecule has 0 aliphatic heterocycles. The summed E-state index contributed by atoms with van der Waals surface area (Å²) in [6.45, 7) is 11.3. The van der Waals surface area contributed by atoms with E-state index < -0.39 is 17.2 Å². The minimum absolute atomic E-state index is 0.446. The Hall–Kier alpha value is -1.04. The molecule has 6 heteroatoms. The van der Waals surface area contributed by atoms with E-state index in [1.807, 2.05) is 48.6 Å².